The third kappa shape index (κ3) is 3.85. The number of hydrogen-bond acceptors (Lipinski definition) is 5. The van der Waals surface area contributed by atoms with Crippen LogP contribution in [0.5, 0.6) is 0 Å². The fourth-order valence-corrected chi connectivity index (χ4v) is 5.57. The molecule has 8 heteroatoms. The van der Waals surface area contributed by atoms with E-state index in [0.29, 0.717) is 37.1 Å². The molecule has 0 radical (unpaired) electrons. The fraction of sp³-hybridized carbons (Fsp3) is 0.318. The van der Waals surface area contributed by atoms with E-state index in [1.165, 1.54) is 16.8 Å². The summed E-state index contributed by atoms with van der Waals surface area (Å²) in [7, 11) is 0. The Morgan fingerprint density at radius 2 is 2.17 bits per heavy atom. The molecule has 1 unspecified atom stereocenters. The number of hydrogen-bond donors (Lipinski definition) is 1. The lowest BCUT2D eigenvalue weighted by Gasteiger charge is -2.37. The van der Waals surface area contributed by atoms with Gasteiger partial charge < -0.3 is 9.88 Å². The van der Waals surface area contributed by atoms with Crippen molar-refractivity contribution in [2.75, 3.05) is 31.9 Å². The Balaban J connectivity index is 1.24. The number of piperazine rings is 1. The van der Waals surface area contributed by atoms with E-state index in [4.69, 9.17) is 11.6 Å². The minimum absolute atomic E-state index is 0.0741. The third-order valence-corrected chi connectivity index (χ3v) is 7.03. The molecule has 2 aliphatic heterocycles. The van der Waals surface area contributed by atoms with Gasteiger partial charge in [-0.2, -0.15) is 0 Å². The molecule has 1 aromatic heterocycles. The first-order valence-corrected chi connectivity index (χ1v) is 11.3. The molecule has 2 aromatic rings. The van der Waals surface area contributed by atoms with Crippen LogP contribution in [0.15, 0.2) is 64.1 Å². The van der Waals surface area contributed by atoms with Gasteiger partial charge in [-0.1, -0.05) is 24.3 Å². The highest BCUT2D eigenvalue weighted by atomic mass is 35.5. The van der Waals surface area contributed by atoms with Crippen molar-refractivity contribution in [2.24, 2.45) is 0 Å². The highest BCUT2D eigenvalue weighted by molar-refractivity contribution is 8.03. The molecular formula is C22H21ClN4O2S. The van der Waals surface area contributed by atoms with Crippen LogP contribution in [0.3, 0.4) is 0 Å². The molecule has 1 aromatic carbocycles. The van der Waals surface area contributed by atoms with Crippen molar-refractivity contribution in [1.29, 1.82) is 0 Å². The Hall–Kier alpha value is -2.35. The summed E-state index contributed by atoms with van der Waals surface area (Å²) in [5.74, 6) is 1.07. The maximum Gasteiger partial charge on any atom is 0.258 e. The van der Waals surface area contributed by atoms with Gasteiger partial charge in [0.15, 0.2) is 0 Å². The van der Waals surface area contributed by atoms with E-state index < -0.39 is 4.87 Å². The number of amides is 1. The molecule has 1 N–H and O–H groups in total. The fourth-order valence-electron chi connectivity index (χ4n) is 4.11. The molecule has 30 heavy (non-hydrogen) atoms. The number of benzene rings is 1. The number of aromatic amines is 1. The summed E-state index contributed by atoms with van der Waals surface area (Å²) >= 11 is 8.66. The molecule has 0 saturated carbocycles. The first-order valence-electron chi connectivity index (χ1n) is 9.90. The van der Waals surface area contributed by atoms with E-state index >= 15 is 0 Å². The Labute approximate surface area is 183 Å². The molecule has 3 heterocycles. The molecule has 3 aliphatic rings. The first kappa shape index (κ1) is 19.6. The minimum Gasteiger partial charge on any atom is -0.336 e. The number of fused-ring (bicyclic) bond motifs is 2. The molecule has 5 rings (SSSR count). The third-order valence-electron chi connectivity index (χ3n) is 5.68. The second-order valence-corrected chi connectivity index (χ2v) is 9.61. The van der Waals surface area contributed by atoms with Crippen LogP contribution in [0, 0.1) is 0 Å². The Morgan fingerprint density at radius 1 is 1.27 bits per heavy atom. The summed E-state index contributed by atoms with van der Waals surface area (Å²) < 4.78 is 0. The summed E-state index contributed by atoms with van der Waals surface area (Å²) in [6.45, 7) is 2.84. The minimum atomic E-state index is -0.571. The number of aromatic nitrogens is 2. The lowest BCUT2D eigenvalue weighted by Crippen LogP contribution is -2.52. The normalized spacial score (nSPS) is 24.2. The maximum absolute atomic E-state index is 12.8. The average Bonchev–Trinajstić information content (AvgIpc) is 3.17. The molecule has 1 fully saturated rings. The molecule has 154 valence electrons. The largest absolute Gasteiger partial charge is 0.336 e. The van der Waals surface area contributed by atoms with Gasteiger partial charge in [-0.25, -0.2) is 4.98 Å². The summed E-state index contributed by atoms with van der Waals surface area (Å²) in [4.78, 5) is 36.2. The van der Waals surface area contributed by atoms with Gasteiger partial charge in [-0.05, 0) is 29.3 Å². The number of thioether (sulfide) groups is 1. The Kier molecular flexibility index (Phi) is 5.05. The van der Waals surface area contributed by atoms with Crippen molar-refractivity contribution in [3.05, 3.63) is 75.2 Å². The predicted octanol–water partition coefficient (Wildman–Crippen LogP) is 2.67. The average molecular weight is 441 g/mol. The molecule has 1 aliphatic carbocycles. The number of nitrogens with zero attached hydrogens (tertiary/aromatic N) is 3. The number of H-pyrrole nitrogens is 1. The van der Waals surface area contributed by atoms with E-state index in [0.717, 1.165) is 17.9 Å². The van der Waals surface area contributed by atoms with Gasteiger partial charge in [0.05, 0.1) is 28.6 Å². The van der Waals surface area contributed by atoms with Crippen LogP contribution in [0.1, 0.15) is 5.56 Å². The standard InChI is InChI=1S/C22H21ClN4O2S/c23-22(5-3-16-4-8-30-19(16)10-22)13-26-6-7-27(20(28)12-26)11-15-1-2-18-17(9-15)21(29)25-14-24-18/h1-5,9-10,14H,6-8,11-13H2,(H,24,25,29). The highest BCUT2D eigenvalue weighted by Crippen LogP contribution is 2.40. The van der Waals surface area contributed by atoms with Crippen LogP contribution in [-0.2, 0) is 11.3 Å². The van der Waals surface area contributed by atoms with Crippen LogP contribution in [0.25, 0.3) is 10.9 Å². The van der Waals surface area contributed by atoms with Gasteiger partial charge in [0, 0.05) is 36.8 Å². The summed E-state index contributed by atoms with van der Waals surface area (Å²) in [5.41, 5.74) is 2.66. The molecule has 0 bridgehead atoms. The van der Waals surface area contributed by atoms with Crippen molar-refractivity contribution < 1.29 is 4.79 Å². The van der Waals surface area contributed by atoms with Gasteiger partial charge in [0.1, 0.15) is 0 Å². The van der Waals surface area contributed by atoms with Crippen molar-refractivity contribution in [3.63, 3.8) is 0 Å². The number of alkyl halides is 1. The molecule has 6 nitrogen and oxygen atoms in total. The quantitative estimate of drug-likeness (QED) is 0.740. The first-order chi connectivity index (χ1) is 14.5. The van der Waals surface area contributed by atoms with Crippen LogP contribution >= 0.6 is 23.4 Å². The molecule has 0 spiro atoms. The van der Waals surface area contributed by atoms with E-state index in [9.17, 15) is 9.59 Å². The Morgan fingerprint density at radius 3 is 3.03 bits per heavy atom. The van der Waals surface area contributed by atoms with Crippen molar-refractivity contribution >= 4 is 40.2 Å². The van der Waals surface area contributed by atoms with Gasteiger partial charge in [-0.3, -0.25) is 14.5 Å². The van der Waals surface area contributed by atoms with Gasteiger partial charge in [0.25, 0.3) is 5.56 Å². The summed E-state index contributed by atoms with van der Waals surface area (Å²) in [6, 6.07) is 5.56. The highest BCUT2D eigenvalue weighted by Gasteiger charge is 2.33. The SMILES string of the molecule is O=C1CN(CC2(Cl)C=CC3=CCSC3=C2)CCN1Cc1ccc2nc[nH]c(=O)c2c1. The van der Waals surface area contributed by atoms with Crippen molar-refractivity contribution in [3.8, 4) is 0 Å². The second-order valence-electron chi connectivity index (χ2n) is 7.85. The zero-order valence-electron chi connectivity index (χ0n) is 16.3. The smallest absolute Gasteiger partial charge is 0.258 e. The number of rotatable bonds is 4. The Bertz CT molecular complexity index is 1170. The van der Waals surface area contributed by atoms with E-state index in [1.54, 1.807) is 11.8 Å². The number of halogens is 1. The lowest BCUT2D eigenvalue weighted by molar-refractivity contribution is -0.136. The van der Waals surface area contributed by atoms with E-state index in [1.807, 2.05) is 29.2 Å². The van der Waals surface area contributed by atoms with Crippen molar-refractivity contribution in [2.45, 2.75) is 11.4 Å². The molecule has 1 saturated heterocycles. The zero-order valence-corrected chi connectivity index (χ0v) is 17.9. The van der Waals surface area contributed by atoms with Crippen LogP contribution in [0.4, 0.5) is 0 Å². The number of allylic oxidation sites excluding steroid dienone is 2. The van der Waals surface area contributed by atoms with Gasteiger partial charge in [0.2, 0.25) is 5.91 Å². The molecular weight excluding hydrogens is 420 g/mol. The van der Waals surface area contributed by atoms with Crippen molar-refractivity contribution in [1.82, 2.24) is 19.8 Å². The molecule has 1 atom stereocenters. The summed E-state index contributed by atoms with van der Waals surface area (Å²) in [6.07, 6.45) is 9.86. The number of nitrogens with one attached hydrogen (secondary N) is 1. The lowest BCUT2D eigenvalue weighted by atomic mass is 9.98. The summed E-state index contributed by atoms with van der Waals surface area (Å²) in [5, 5.41) is 0.542. The maximum atomic E-state index is 12.8. The van der Waals surface area contributed by atoms with Crippen LogP contribution < -0.4 is 5.56 Å². The van der Waals surface area contributed by atoms with Gasteiger partial charge >= 0.3 is 0 Å². The predicted molar refractivity (Wildman–Crippen MR) is 121 cm³/mol. The number of carbonyl (C=O) groups excluding carboxylic acids is 1. The van der Waals surface area contributed by atoms with E-state index in [-0.39, 0.29) is 11.5 Å². The number of carbonyl (C=O) groups is 1. The van der Waals surface area contributed by atoms with E-state index in [2.05, 4.69) is 33.1 Å². The molecule has 1 amide bonds. The second kappa shape index (κ2) is 7.72. The topological polar surface area (TPSA) is 69.3 Å². The van der Waals surface area contributed by atoms with Crippen LogP contribution in [0.2, 0.25) is 0 Å². The van der Waals surface area contributed by atoms with Crippen LogP contribution in [-0.4, -0.2) is 62.5 Å². The van der Waals surface area contributed by atoms with Gasteiger partial charge in [-0.15, -0.1) is 23.4 Å². The monoisotopic (exact) mass is 440 g/mol. The zero-order chi connectivity index (χ0) is 20.7.